The summed E-state index contributed by atoms with van der Waals surface area (Å²) in [5.74, 6) is -0.713. The number of carboxylic acids is 1. The van der Waals surface area contributed by atoms with Crippen LogP contribution in [0.2, 0.25) is 0 Å². The first-order chi connectivity index (χ1) is 7.41. The van der Waals surface area contributed by atoms with Crippen LogP contribution in [0, 0.1) is 6.92 Å². The van der Waals surface area contributed by atoms with Crippen molar-refractivity contribution < 1.29 is 14.7 Å². The number of aromatic nitrogens is 1. The van der Waals surface area contributed by atoms with Crippen molar-refractivity contribution in [2.75, 3.05) is 19.8 Å². The topological polar surface area (TPSA) is 70.5 Å². The van der Waals surface area contributed by atoms with Gasteiger partial charge in [0.05, 0.1) is 11.4 Å². The minimum absolute atomic E-state index is 0.0188. The molecular weight excluding hydrogens is 248 g/mol. The monoisotopic (exact) mass is 260 g/mol. The molecule has 0 aliphatic heterocycles. The van der Waals surface area contributed by atoms with Crippen LogP contribution in [-0.2, 0) is 4.79 Å². The van der Waals surface area contributed by atoms with Gasteiger partial charge in [-0.3, -0.25) is 4.79 Å². The zero-order chi connectivity index (χ0) is 12.3. The Labute approximate surface area is 101 Å². The molecule has 1 aromatic rings. The minimum Gasteiger partial charge on any atom is -0.477 e. The van der Waals surface area contributed by atoms with E-state index in [9.17, 15) is 9.59 Å². The van der Waals surface area contributed by atoms with Crippen LogP contribution < -0.4 is 0 Å². The summed E-state index contributed by atoms with van der Waals surface area (Å²) in [6.07, 6.45) is 0. The van der Waals surface area contributed by atoms with Crippen molar-refractivity contribution in [1.82, 2.24) is 9.88 Å². The van der Waals surface area contributed by atoms with Crippen LogP contribution in [0.4, 0.5) is 0 Å². The fourth-order valence-corrected chi connectivity index (χ4v) is 2.89. The maximum absolute atomic E-state index is 11.3. The Morgan fingerprint density at radius 1 is 1.50 bits per heavy atom. The molecule has 0 atom stereocenters. The molecule has 1 rings (SSSR count). The Balaban J connectivity index is 2.65. The van der Waals surface area contributed by atoms with Crippen LogP contribution in [0.25, 0.3) is 0 Å². The maximum Gasteiger partial charge on any atom is 0.347 e. The van der Waals surface area contributed by atoms with E-state index in [1.54, 1.807) is 21.0 Å². The first-order valence-electron chi connectivity index (χ1n) is 4.45. The van der Waals surface area contributed by atoms with Crippen LogP contribution >= 0.6 is 23.1 Å². The second-order valence-corrected chi connectivity index (χ2v) is 5.50. The van der Waals surface area contributed by atoms with Gasteiger partial charge < -0.3 is 10.0 Å². The molecule has 0 radical (unpaired) electrons. The summed E-state index contributed by atoms with van der Waals surface area (Å²) < 4.78 is 0.616. The van der Waals surface area contributed by atoms with Crippen LogP contribution in [0.5, 0.6) is 0 Å². The zero-order valence-electron chi connectivity index (χ0n) is 9.18. The van der Waals surface area contributed by atoms with Crippen LogP contribution in [-0.4, -0.2) is 46.7 Å². The van der Waals surface area contributed by atoms with E-state index in [1.165, 1.54) is 16.7 Å². The lowest BCUT2D eigenvalue weighted by molar-refractivity contribution is -0.125. The normalized spacial score (nSPS) is 10.2. The van der Waals surface area contributed by atoms with E-state index in [0.717, 1.165) is 11.3 Å². The van der Waals surface area contributed by atoms with E-state index < -0.39 is 5.97 Å². The van der Waals surface area contributed by atoms with Gasteiger partial charge in [0.1, 0.15) is 4.88 Å². The fraction of sp³-hybridized carbons (Fsp3) is 0.444. The summed E-state index contributed by atoms with van der Waals surface area (Å²) in [6.45, 7) is 1.65. The first kappa shape index (κ1) is 13.0. The largest absolute Gasteiger partial charge is 0.477 e. The minimum atomic E-state index is -0.971. The molecule has 0 spiro atoms. The van der Waals surface area contributed by atoms with Gasteiger partial charge in [-0.1, -0.05) is 11.8 Å². The van der Waals surface area contributed by atoms with E-state index in [2.05, 4.69) is 4.98 Å². The quantitative estimate of drug-likeness (QED) is 0.827. The number of amides is 1. The Bertz CT molecular complexity index is 415. The van der Waals surface area contributed by atoms with Crippen molar-refractivity contribution in [3.8, 4) is 0 Å². The number of hydrogen-bond acceptors (Lipinski definition) is 5. The standard InChI is InChI=1S/C9H12N2O3S2/c1-5-7(8(13)14)16-9(10-5)15-4-6(12)11(2)3/h4H2,1-3H3,(H,13,14). The number of nitrogens with zero attached hydrogens (tertiary/aromatic N) is 2. The molecule has 1 heterocycles. The molecule has 7 heteroatoms. The van der Waals surface area contributed by atoms with E-state index in [-0.39, 0.29) is 16.5 Å². The summed E-state index contributed by atoms with van der Waals surface area (Å²) in [5, 5.41) is 8.83. The van der Waals surface area contributed by atoms with Gasteiger partial charge in [-0.25, -0.2) is 9.78 Å². The molecule has 1 N–H and O–H groups in total. The summed E-state index contributed by atoms with van der Waals surface area (Å²) in [6, 6.07) is 0. The van der Waals surface area contributed by atoms with E-state index in [4.69, 9.17) is 5.11 Å². The zero-order valence-corrected chi connectivity index (χ0v) is 10.8. The molecule has 0 unspecified atom stereocenters. The highest BCUT2D eigenvalue weighted by atomic mass is 32.2. The molecule has 1 aromatic heterocycles. The third-order valence-corrected chi connectivity index (χ3v) is 4.06. The van der Waals surface area contributed by atoms with Crippen molar-refractivity contribution in [3.05, 3.63) is 10.6 Å². The van der Waals surface area contributed by atoms with Gasteiger partial charge in [0.15, 0.2) is 4.34 Å². The number of carbonyl (C=O) groups is 2. The third kappa shape index (κ3) is 3.21. The Morgan fingerprint density at radius 2 is 2.12 bits per heavy atom. The van der Waals surface area contributed by atoms with Crippen molar-refractivity contribution in [1.29, 1.82) is 0 Å². The summed E-state index contributed by atoms with van der Waals surface area (Å²) in [5.41, 5.74) is 0.498. The van der Waals surface area contributed by atoms with E-state index >= 15 is 0 Å². The van der Waals surface area contributed by atoms with Gasteiger partial charge in [0, 0.05) is 14.1 Å². The average molecular weight is 260 g/mol. The van der Waals surface area contributed by atoms with Gasteiger partial charge in [-0.2, -0.15) is 0 Å². The number of rotatable bonds is 4. The molecule has 16 heavy (non-hydrogen) atoms. The number of carbonyl (C=O) groups excluding carboxylic acids is 1. The van der Waals surface area contributed by atoms with E-state index in [0.29, 0.717) is 10.0 Å². The summed E-state index contributed by atoms with van der Waals surface area (Å²) >= 11 is 2.37. The Hall–Kier alpha value is -1.08. The molecule has 0 aromatic carbocycles. The highest BCUT2D eigenvalue weighted by Gasteiger charge is 2.15. The first-order valence-corrected chi connectivity index (χ1v) is 6.25. The highest BCUT2D eigenvalue weighted by Crippen LogP contribution is 2.27. The third-order valence-electron chi connectivity index (χ3n) is 1.79. The molecule has 0 saturated carbocycles. The lowest BCUT2D eigenvalue weighted by Crippen LogP contribution is -2.23. The second kappa shape index (κ2) is 5.31. The number of thioether (sulfide) groups is 1. The summed E-state index contributed by atoms with van der Waals surface area (Å²) in [7, 11) is 3.36. The van der Waals surface area contributed by atoms with Crippen molar-refractivity contribution in [3.63, 3.8) is 0 Å². The van der Waals surface area contributed by atoms with Crippen molar-refractivity contribution >= 4 is 35.0 Å². The maximum atomic E-state index is 11.3. The highest BCUT2D eigenvalue weighted by molar-refractivity contribution is 8.01. The number of thiazole rings is 1. The van der Waals surface area contributed by atoms with Crippen LogP contribution in [0.1, 0.15) is 15.4 Å². The predicted octanol–water partition coefficient (Wildman–Crippen LogP) is 1.33. The SMILES string of the molecule is Cc1nc(SCC(=O)N(C)C)sc1C(=O)O. The van der Waals surface area contributed by atoms with Crippen molar-refractivity contribution in [2.24, 2.45) is 0 Å². The van der Waals surface area contributed by atoms with Gasteiger partial charge in [-0.05, 0) is 6.92 Å². The number of hydrogen-bond donors (Lipinski definition) is 1. The second-order valence-electron chi connectivity index (χ2n) is 3.28. The van der Waals surface area contributed by atoms with Gasteiger partial charge >= 0.3 is 5.97 Å². The Morgan fingerprint density at radius 3 is 2.56 bits per heavy atom. The molecule has 0 aliphatic rings. The van der Waals surface area contributed by atoms with Gasteiger partial charge in [0.2, 0.25) is 5.91 Å². The molecule has 5 nitrogen and oxygen atoms in total. The average Bonchev–Trinajstić information content (AvgIpc) is 2.56. The number of aryl methyl sites for hydroxylation is 1. The molecule has 0 bridgehead atoms. The molecule has 0 saturated heterocycles. The van der Waals surface area contributed by atoms with Crippen LogP contribution in [0.3, 0.4) is 0 Å². The smallest absolute Gasteiger partial charge is 0.347 e. The van der Waals surface area contributed by atoms with Crippen LogP contribution in [0.15, 0.2) is 4.34 Å². The molecule has 88 valence electrons. The summed E-state index contributed by atoms with van der Waals surface area (Å²) in [4.78, 5) is 27.9. The van der Waals surface area contributed by atoms with Crippen molar-refractivity contribution in [2.45, 2.75) is 11.3 Å². The lowest BCUT2D eigenvalue weighted by Gasteiger charge is -2.07. The molecular formula is C9H12N2O3S2. The number of carboxylic acid groups (broad SMARTS) is 1. The fourth-order valence-electron chi connectivity index (χ4n) is 0.884. The predicted molar refractivity (Wildman–Crippen MR) is 63.2 cm³/mol. The Kier molecular flexibility index (Phi) is 4.31. The molecule has 0 aliphatic carbocycles. The van der Waals surface area contributed by atoms with E-state index in [1.807, 2.05) is 0 Å². The lowest BCUT2D eigenvalue weighted by atomic mass is 10.4. The molecule has 0 fully saturated rings. The van der Waals surface area contributed by atoms with Gasteiger partial charge in [-0.15, -0.1) is 11.3 Å². The number of aromatic carboxylic acids is 1. The molecule has 1 amide bonds. The van der Waals surface area contributed by atoms with Gasteiger partial charge in [0.25, 0.3) is 0 Å².